The van der Waals surface area contributed by atoms with Crippen LogP contribution in [0.25, 0.3) is 10.4 Å². The Hall–Kier alpha value is -2.86. The maximum Gasteiger partial charge on any atom is 0.335 e. The van der Waals surface area contributed by atoms with Crippen LogP contribution in [-0.4, -0.2) is 114 Å². The third kappa shape index (κ3) is 10.6. The first-order chi connectivity index (χ1) is 33.1. The number of aldehydes is 1. The SMILES string of the molecule is CC(C)[Si]1(C(C)C)OC[C@H]2O[C@@H](n3ccc(=O)[nH]c3=O)[C@@](C)(OCCl)C2O[Si](C(C)C)(C(C)C)O1.CC(C)[Si]1(C(C)C)OC[C@H]2O[C@@H](n3ccc(=O)[nH]c3=O)[C@](C=O)(N=[N+]=[N-])C2O[Si](C(C)C)(C(C)C)O1. The number of hydrogen-bond acceptors (Lipinski definition) is 15. The second-order valence-corrected chi connectivity index (χ2v) is 39.7. The Morgan fingerprint density at radius 2 is 1.04 bits per heavy atom. The fourth-order valence-electron chi connectivity index (χ4n) is 11.0. The molecule has 6 rings (SSSR count). The van der Waals surface area contributed by atoms with Crippen molar-refractivity contribution in [2.24, 2.45) is 5.11 Å². The van der Waals surface area contributed by atoms with Crippen molar-refractivity contribution in [3.63, 3.8) is 0 Å². The van der Waals surface area contributed by atoms with Crippen LogP contribution in [-0.2, 0) is 44.9 Å². The number of alkyl halides is 1. The number of H-pyrrole nitrogens is 2. The highest BCUT2D eigenvalue weighted by atomic mass is 35.5. The molecule has 71 heavy (non-hydrogen) atoms. The van der Waals surface area contributed by atoms with Gasteiger partial charge in [0, 0.05) is 29.4 Å². The Labute approximate surface area is 425 Å². The van der Waals surface area contributed by atoms with Crippen molar-refractivity contribution in [1.29, 1.82) is 0 Å². The summed E-state index contributed by atoms with van der Waals surface area (Å²) in [7, 11) is -11.8. The molecule has 2 unspecified atom stereocenters. The number of hydrogen-bond donors (Lipinski definition) is 2. The van der Waals surface area contributed by atoms with Crippen LogP contribution < -0.4 is 22.5 Å². The summed E-state index contributed by atoms with van der Waals surface area (Å²) in [5.74, 6) is 0. The Balaban J connectivity index is 0.000000264. The third-order valence-electron chi connectivity index (χ3n) is 14.8. The lowest BCUT2D eigenvalue weighted by Crippen LogP contribution is -2.67. The lowest BCUT2D eigenvalue weighted by molar-refractivity contribution is -0.127. The summed E-state index contributed by atoms with van der Waals surface area (Å²) in [6.45, 7) is 35.7. The zero-order chi connectivity index (χ0) is 53.4. The van der Waals surface area contributed by atoms with Crippen LogP contribution in [0.1, 0.15) is 130 Å². The van der Waals surface area contributed by atoms with Crippen LogP contribution in [0.2, 0.25) is 44.3 Å². The van der Waals surface area contributed by atoms with E-state index in [0.29, 0.717) is 6.29 Å². The molecule has 2 aromatic rings. The second-order valence-electron chi connectivity index (χ2n) is 21.7. The summed E-state index contributed by atoms with van der Waals surface area (Å²) < 4.78 is 63.1. The highest BCUT2D eigenvalue weighted by Gasteiger charge is 2.68. The second kappa shape index (κ2) is 22.5. The van der Waals surface area contributed by atoms with E-state index in [2.05, 4.69) is 103 Å². The van der Waals surface area contributed by atoms with E-state index >= 15 is 0 Å². The minimum absolute atomic E-state index is 0.0268. The number of nitrogens with zero attached hydrogens (tertiary/aromatic N) is 5. The Morgan fingerprint density at radius 3 is 1.39 bits per heavy atom. The first-order valence-corrected chi connectivity index (χ1v) is 33.2. The zero-order valence-corrected chi connectivity index (χ0v) is 49.2. The fraction of sp³-hybridized carbons (Fsp3) is 0.800. The number of aromatic nitrogens is 4. The van der Waals surface area contributed by atoms with E-state index in [1.54, 1.807) is 0 Å². The van der Waals surface area contributed by atoms with Crippen molar-refractivity contribution >= 4 is 52.1 Å². The van der Waals surface area contributed by atoms with Gasteiger partial charge in [0.05, 0.1) is 19.3 Å². The van der Waals surface area contributed by atoms with Crippen molar-refractivity contribution in [2.45, 2.75) is 210 Å². The van der Waals surface area contributed by atoms with Crippen LogP contribution in [0.4, 0.5) is 0 Å². The molecule has 0 amide bonds. The molecule has 8 atom stereocenters. The van der Waals surface area contributed by atoms with Gasteiger partial charge in [0.2, 0.25) is 0 Å². The van der Waals surface area contributed by atoms with Crippen LogP contribution in [0.15, 0.2) is 48.8 Å². The van der Waals surface area contributed by atoms with Crippen molar-refractivity contribution in [1.82, 2.24) is 19.1 Å². The number of ether oxygens (including phenoxy) is 3. The van der Waals surface area contributed by atoms with Gasteiger partial charge < -0.3 is 44.9 Å². The van der Waals surface area contributed by atoms with Gasteiger partial charge in [-0.25, -0.2) is 9.59 Å². The molecule has 0 aliphatic carbocycles. The van der Waals surface area contributed by atoms with Crippen LogP contribution in [0.5, 0.6) is 0 Å². The van der Waals surface area contributed by atoms with Gasteiger partial charge in [-0.1, -0.05) is 127 Å². The predicted molar refractivity (Wildman–Crippen MR) is 276 cm³/mol. The smallest absolute Gasteiger partial charge is 0.335 e. The molecule has 6 heterocycles. The average molecular weight is 1090 g/mol. The Bertz CT molecular complexity index is 2430. The molecule has 0 bridgehead atoms. The molecule has 0 aromatic carbocycles. The topological polar surface area (TPSA) is 259 Å². The number of rotatable bonds is 14. The quantitative estimate of drug-likeness (QED) is 0.0454. The summed E-state index contributed by atoms with van der Waals surface area (Å²) in [6, 6.07) is 2.29. The molecule has 4 aliphatic heterocycles. The standard InChI is InChI=1S/C23H41ClN2O7Si2.C22H37N5O7Si2/c1-14(2)34(15(3)4)30-12-18-20(32-35(33-34,16(5)6)17(7)8)23(9,29-13-24)21(31-18)26-11-10-19(27)25-22(26)28;1-13(2)35(14(3)4)31-11-17-19(33-36(34-35,15(5)6)16(7)8)22(12-28,25-26-23)20(32-17)27-10-9-18(29)24-21(27)30/h10-11,14-18,20-21H,12-13H2,1-9H3,(H,25,27,28);9-10,12-17,19-20H,11H2,1-8H3,(H,24,29,30)/t18-,20?,21-,23+;17-,19?,20-,22-/m11/s1. The van der Waals surface area contributed by atoms with E-state index in [1.807, 2.05) is 34.6 Å². The van der Waals surface area contributed by atoms with Crippen molar-refractivity contribution < 1.29 is 44.9 Å². The van der Waals surface area contributed by atoms with Crippen molar-refractivity contribution in [2.75, 3.05) is 19.3 Å². The van der Waals surface area contributed by atoms with Crippen LogP contribution in [0.3, 0.4) is 0 Å². The molecule has 26 heteroatoms. The lowest BCUT2D eigenvalue weighted by Gasteiger charge is -2.52. The number of nitrogens with one attached hydrogen (secondary N) is 2. The monoisotopic (exact) mass is 1090 g/mol. The largest absolute Gasteiger partial charge is 0.414 e. The molecule has 21 nitrogen and oxygen atoms in total. The molecular formula is C45H78ClN7O14Si4. The van der Waals surface area contributed by atoms with Gasteiger partial charge in [-0.2, -0.15) is 0 Å². The van der Waals surface area contributed by atoms with Gasteiger partial charge in [0.15, 0.2) is 18.0 Å². The van der Waals surface area contributed by atoms with Crippen molar-refractivity contribution in [3.8, 4) is 0 Å². The molecule has 4 aliphatic rings. The summed E-state index contributed by atoms with van der Waals surface area (Å²) in [6.07, 6.45) is -2.18. The van der Waals surface area contributed by atoms with E-state index in [4.69, 9.17) is 51.7 Å². The highest BCUT2D eigenvalue weighted by molar-refractivity contribution is 6.84. The first kappa shape index (κ1) is 59.0. The average Bonchev–Trinajstić information content (AvgIpc) is 3.68. The van der Waals surface area contributed by atoms with E-state index in [1.165, 1.54) is 23.0 Å². The molecule has 0 saturated carbocycles. The normalized spacial score (nSPS) is 30.1. The van der Waals surface area contributed by atoms with Gasteiger partial charge in [-0.3, -0.25) is 28.7 Å². The number of halogens is 1. The van der Waals surface area contributed by atoms with Gasteiger partial charge in [-0.05, 0) is 56.8 Å². The summed E-state index contributed by atoms with van der Waals surface area (Å²) in [5.41, 5.74) is 4.63. The highest BCUT2D eigenvalue weighted by Crippen LogP contribution is 2.53. The zero-order valence-electron chi connectivity index (χ0n) is 44.4. The first-order valence-electron chi connectivity index (χ1n) is 24.8. The molecule has 4 fully saturated rings. The Kier molecular flexibility index (Phi) is 18.7. The minimum Gasteiger partial charge on any atom is -0.414 e. The third-order valence-corrected chi connectivity index (χ3v) is 35.4. The molecule has 4 saturated heterocycles. The number of azide groups is 1. The number of carbonyl (C=O) groups excluding carboxylic acids is 1. The number of carbonyl (C=O) groups is 1. The van der Waals surface area contributed by atoms with Crippen LogP contribution in [0, 0.1) is 0 Å². The van der Waals surface area contributed by atoms with E-state index in [9.17, 15) is 29.5 Å². The Morgan fingerprint density at radius 1 is 0.676 bits per heavy atom. The van der Waals surface area contributed by atoms with E-state index < -0.39 is 105 Å². The molecule has 0 radical (unpaired) electrons. The summed E-state index contributed by atoms with van der Waals surface area (Å²) >= 11 is 6.10. The van der Waals surface area contributed by atoms with Gasteiger partial charge in [0.25, 0.3) is 11.1 Å². The maximum absolute atomic E-state index is 12.8. The molecule has 400 valence electrons. The molecule has 2 N–H and O–H groups in total. The van der Waals surface area contributed by atoms with E-state index in [-0.39, 0.29) is 63.6 Å². The summed E-state index contributed by atoms with van der Waals surface area (Å²) in [5, 5.41) is 3.88. The fourth-order valence-corrected chi connectivity index (χ4v) is 33.7. The number of aromatic amines is 2. The van der Waals surface area contributed by atoms with Crippen molar-refractivity contribution in [3.05, 3.63) is 76.6 Å². The molecular weight excluding hydrogens is 1010 g/mol. The van der Waals surface area contributed by atoms with Gasteiger partial charge in [0.1, 0.15) is 36.3 Å². The predicted octanol–water partition coefficient (Wildman–Crippen LogP) is 8.00. The van der Waals surface area contributed by atoms with Crippen LogP contribution >= 0.6 is 11.6 Å². The number of fused-ring (bicyclic) bond motifs is 2. The van der Waals surface area contributed by atoms with E-state index in [0.717, 1.165) is 10.6 Å². The molecule has 0 spiro atoms. The summed E-state index contributed by atoms with van der Waals surface area (Å²) in [4.78, 5) is 69.0. The van der Waals surface area contributed by atoms with Gasteiger partial charge >= 0.3 is 45.6 Å². The lowest BCUT2D eigenvalue weighted by atomic mass is 9.92. The maximum atomic E-state index is 12.8. The minimum atomic E-state index is -3.18. The van der Waals surface area contributed by atoms with Gasteiger partial charge in [-0.15, -0.1) is 0 Å². The molecule has 2 aromatic heterocycles.